The van der Waals surface area contributed by atoms with Gasteiger partial charge in [-0.15, -0.1) is 0 Å². The van der Waals surface area contributed by atoms with E-state index >= 15 is 0 Å². The second kappa shape index (κ2) is 10.2. The standard InChI is InChI=1S/C25H21FO4/c1-2-17-29-22-14-8-20(9-15-22)25(28)30-23-12-3-18(4-13-23)5-16-24(27)19-6-10-21(26)11-7-19/h3-16H,2,17H2,1H3/b16-5+. The zero-order valence-corrected chi connectivity index (χ0v) is 16.5. The first-order valence-electron chi connectivity index (χ1n) is 9.58. The van der Waals surface area contributed by atoms with Crippen LogP contribution in [0.4, 0.5) is 4.39 Å². The van der Waals surface area contributed by atoms with E-state index in [9.17, 15) is 14.0 Å². The third-order valence-electron chi connectivity index (χ3n) is 4.21. The minimum atomic E-state index is -0.466. The van der Waals surface area contributed by atoms with Gasteiger partial charge in [0.05, 0.1) is 12.2 Å². The molecule has 0 fully saturated rings. The summed E-state index contributed by atoms with van der Waals surface area (Å²) in [6.07, 6.45) is 3.97. The maximum Gasteiger partial charge on any atom is 0.343 e. The zero-order valence-electron chi connectivity index (χ0n) is 16.5. The first-order valence-corrected chi connectivity index (χ1v) is 9.58. The monoisotopic (exact) mass is 404 g/mol. The Kier molecular flexibility index (Phi) is 7.11. The van der Waals surface area contributed by atoms with Crippen molar-refractivity contribution in [2.24, 2.45) is 0 Å². The van der Waals surface area contributed by atoms with Gasteiger partial charge in [-0.05, 0) is 78.7 Å². The molecule has 0 atom stereocenters. The van der Waals surface area contributed by atoms with Crippen LogP contribution in [0.15, 0.2) is 78.9 Å². The molecule has 0 spiro atoms. The fourth-order valence-corrected chi connectivity index (χ4v) is 2.60. The first-order chi connectivity index (χ1) is 14.5. The number of allylic oxidation sites excluding steroid dienone is 1. The number of carbonyl (C=O) groups is 2. The van der Waals surface area contributed by atoms with Crippen LogP contribution < -0.4 is 9.47 Å². The summed E-state index contributed by atoms with van der Waals surface area (Å²) in [4.78, 5) is 24.4. The van der Waals surface area contributed by atoms with Crippen LogP contribution in [-0.2, 0) is 0 Å². The van der Waals surface area contributed by atoms with Gasteiger partial charge in [0, 0.05) is 5.56 Å². The highest BCUT2D eigenvalue weighted by atomic mass is 19.1. The van der Waals surface area contributed by atoms with Crippen molar-refractivity contribution in [2.75, 3.05) is 6.61 Å². The van der Waals surface area contributed by atoms with Crippen molar-refractivity contribution in [3.63, 3.8) is 0 Å². The highest BCUT2D eigenvalue weighted by molar-refractivity contribution is 6.06. The second-order valence-corrected chi connectivity index (χ2v) is 6.54. The van der Waals surface area contributed by atoms with E-state index in [1.54, 1.807) is 54.6 Å². The normalized spacial score (nSPS) is 10.7. The Morgan fingerprint density at radius 1 is 0.833 bits per heavy atom. The van der Waals surface area contributed by atoms with Crippen LogP contribution in [-0.4, -0.2) is 18.4 Å². The van der Waals surface area contributed by atoms with E-state index in [-0.39, 0.29) is 11.6 Å². The molecule has 0 radical (unpaired) electrons. The van der Waals surface area contributed by atoms with Crippen molar-refractivity contribution in [1.82, 2.24) is 0 Å². The van der Waals surface area contributed by atoms with Gasteiger partial charge in [-0.3, -0.25) is 4.79 Å². The fraction of sp³-hybridized carbons (Fsp3) is 0.120. The maximum atomic E-state index is 12.9. The number of hydrogen-bond donors (Lipinski definition) is 0. The molecule has 0 aliphatic rings. The highest BCUT2D eigenvalue weighted by Gasteiger charge is 2.09. The maximum absolute atomic E-state index is 12.9. The summed E-state index contributed by atoms with van der Waals surface area (Å²) in [5.74, 6) is 0.0261. The number of rotatable bonds is 8. The van der Waals surface area contributed by atoms with Gasteiger partial charge in [0.25, 0.3) is 0 Å². The summed E-state index contributed by atoms with van der Waals surface area (Å²) in [7, 11) is 0. The van der Waals surface area contributed by atoms with E-state index in [1.165, 1.54) is 30.3 Å². The van der Waals surface area contributed by atoms with Gasteiger partial charge in [0.2, 0.25) is 0 Å². The van der Waals surface area contributed by atoms with Crippen molar-refractivity contribution in [3.8, 4) is 11.5 Å². The van der Waals surface area contributed by atoms with Crippen LogP contribution in [0.5, 0.6) is 11.5 Å². The Bertz CT molecular complexity index is 1020. The van der Waals surface area contributed by atoms with E-state index in [0.717, 1.165) is 12.0 Å². The molecule has 5 heteroatoms. The number of carbonyl (C=O) groups excluding carboxylic acids is 2. The smallest absolute Gasteiger partial charge is 0.343 e. The SMILES string of the molecule is CCCOc1ccc(C(=O)Oc2ccc(/C=C/C(=O)c3ccc(F)cc3)cc2)cc1. The Hall–Kier alpha value is -3.73. The third-order valence-corrected chi connectivity index (χ3v) is 4.21. The predicted molar refractivity (Wildman–Crippen MR) is 113 cm³/mol. The average Bonchev–Trinajstić information content (AvgIpc) is 2.78. The zero-order chi connectivity index (χ0) is 21.3. The van der Waals surface area contributed by atoms with Crippen LogP contribution in [0, 0.1) is 5.82 Å². The molecule has 0 aliphatic carbocycles. The topological polar surface area (TPSA) is 52.6 Å². The van der Waals surface area contributed by atoms with Crippen LogP contribution in [0.2, 0.25) is 0 Å². The summed E-state index contributed by atoms with van der Waals surface area (Å²) in [6, 6.07) is 18.9. The minimum Gasteiger partial charge on any atom is -0.494 e. The molecule has 3 aromatic carbocycles. The largest absolute Gasteiger partial charge is 0.494 e. The Morgan fingerprint density at radius 2 is 1.43 bits per heavy atom. The van der Waals surface area contributed by atoms with Crippen molar-refractivity contribution in [2.45, 2.75) is 13.3 Å². The molecule has 3 aromatic rings. The van der Waals surface area contributed by atoms with Gasteiger partial charge in [-0.25, -0.2) is 9.18 Å². The summed E-state index contributed by atoms with van der Waals surface area (Å²) in [5, 5.41) is 0. The predicted octanol–water partition coefficient (Wildman–Crippen LogP) is 5.73. The van der Waals surface area contributed by atoms with E-state index in [2.05, 4.69) is 0 Å². The van der Waals surface area contributed by atoms with Crippen LogP contribution in [0.1, 0.15) is 39.6 Å². The molecule has 0 N–H and O–H groups in total. The molecule has 0 bridgehead atoms. The van der Waals surface area contributed by atoms with Gasteiger partial charge < -0.3 is 9.47 Å². The molecular weight excluding hydrogens is 383 g/mol. The molecule has 0 amide bonds. The summed E-state index contributed by atoms with van der Waals surface area (Å²) in [6.45, 7) is 2.65. The van der Waals surface area contributed by atoms with Gasteiger partial charge in [-0.1, -0.05) is 25.1 Å². The Labute approximate surface area is 174 Å². The van der Waals surface area contributed by atoms with Crippen LogP contribution >= 0.6 is 0 Å². The fourth-order valence-electron chi connectivity index (χ4n) is 2.60. The number of esters is 1. The lowest BCUT2D eigenvalue weighted by Crippen LogP contribution is -2.08. The van der Waals surface area contributed by atoms with Crippen LogP contribution in [0.25, 0.3) is 6.08 Å². The van der Waals surface area contributed by atoms with E-state index < -0.39 is 5.97 Å². The lowest BCUT2D eigenvalue weighted by Gasteiger charge is -2.07. The molecule has 0 aromatic heterocycles. The lowest BCUT2D eigenvalue weighted by atomic mass is 10.1. The lowest BCUT2D eigenvalue weighted by molar-refractivity contribution is 0.0734. The molecule has 30 heavy (non-hydrogen) atoms. The van der Waals surface area contributed by atoms with E-state index in [1.807, 2.05) is 6.92 Å². The van der Waals surface area contributed by atoms with Gasteiger partial charge in [0.15, 0.2) is 5.78 Å². The van der Waals surface area contributed by atoms with Gasteiger partial charge in [-0.2, -0.15) is 0 Å². The number of benzene rings is 3. The van der Waals surface area contributed by atoms with Crippen molar-refractivity contribution >= 4 is 17.8 Å². The molecule has 0 unspecified atom stereocenters. The molecular formula is C25H21FO4. The highest BCUT2D eigenvalue weighted by Crippen LogP contribution is 2.17. The molecule has 0 saturated heterocycles. The Morgan fingerprint density at radius 3 is 2.07 bits per heavy atom. The molecule has 3 rings (SSSR count). The molecule has 152 valence electrons. The van der Waals surface area contributed by atoms with Crippen molar-refractivity contribution in [3.05, 3.63) is 101 Å². The van der Waals surface area contributed by atoms with E-state index in [4.69, 9.17) is 9.47 Å². The minimum absolute atomic E-state index is 0.225. The van der Waals surface area contributed by atoms with Gasteiger partial charge >= 0.3 is 5.97 Å². The molecule has 0 aliphatic heterocycles. The van der Waals surface area contributed by atoms with E-state index in [0.29, 0.717) is 29.2 Å². The second-order valence-electron chi connectivity index (χ2n) is 6.54. The van der Waals surface area contributed by atoms with Crippen LogP contribution in [0.3, 0.4) is 0 Å². The first kappa shape index (κ1) is 21.0. The number of hydrogen-bond acceptors (Lipinski definition) is 4. The molecule has 0 saturated carbocycles. The van der Waals surface area contributed by atoms with Gasteiger partial charge in [0.1, 0.15) is 17.3 Å². The summed E-state index contributed by atoms with van der Waals surface area (Å²) < 4.78 is 23.8. The average molecular weight is 404 g/mol. The van der Waals surface area contributed by atoms with Crippen molar-refractivity contribution in [1.29, 1.82) is 0 Å². The third kappa shape index (κ3) is 5.88. The quantitative estimate of drug-likeness (QED) is 0.208. The molecule has 0 heterocycles. The summed E-state index contributed by atoms with van der Waals surface area (Å²) in [5.41, 5.74) is 1.60. The van der Waals surface area contributed by atoms with Crippen molar-refractivity contribution < 1.29 is 23.5 Å². The number of ketones is 1. The number of halogens is 1. The molecule has 4 nitrogen and oxygen atoms in total. The number of ether oxygens (including phenoxy) is 2. The Balaban J connectivity index is 1.58. The summed E-state index contributed by atoms with van der Waals surface area (Å²) >= 11 is 0.